The Balaban J connectivity index is 1.23. The first-order valence-corrected chi connectivity index (χ1v) is 12.2. The molecule has 4 aliphatic rings. The Bertz CT molecular complexity index is 935. The van der Waals surface area contributed by atoms with Crippen molar-refractivity contribution >= 4 is 23.5 Å². The molecule has 1 spiro atoms. The predicted molar refractivity (Wildman–Crippen MR) is 117 cm³/mol. The van der Waals surface area contributed by atoms with Crippen molar-refractivity contribution in [2.45, 2.75) is 59.2 Å². The first-order valence-electron chi connectivity index (χ1n) is 11.2. The number of anilines is 1. The summed E-state index contributed by atoms with van der Waals surface area (Å²) in [5.74, 6) is 2.64. The molecule has 3 aliphatic carbocycles. The Hall–Kier alpha value is -1.28. The number of carbonyl (C=O) groups excluding carboxylic acids is 1. The van der Waals surface area contributed by atoms with E-state index in [0.717, 1.165) is 44.4 Å². The number of Topliss-reactive ketones (excluding diaryl/α,β-unsaturated/α-hetero) is 1. The van der Waals surface area contributed by atoms with Gasteiger partial charge in [-0.05, 0) is 55.1 Å². The normalized spacial score (nSPS) is 36.7. The zero-order chi connectivity index (χ0) is 22.4. The molecular formula is C23H31F3N3OS+. The summed E-state index contributed by atoms with van der Waals surface area (Å²) in [6.07, 6.45) is -0.414. The highest BCUT2D eigenvalue weighted by Crippen LogP contribution is 2.89. The summed E-state index contributed by atoms with van der Waals surface area (Å²) in [6, 6.07) is 1.34. The molecule has 2 heterocycles. The Morgan fingerprint density at radius 3 is 2.58 bits per heavy atom. The van der Waals surface area contributed by atoms with Gasteiger partial charge in [0.15, 0.2) is 0 Å². The number of nitrogens with zero attached hydrogens (tertiary/aromatic N) is 3. The number of hydrogen-bond donors (Lipinski definition) is 0. The highest BCUT2D eigenvalue weighted by atomic mass is 32.2. The molecule has 1 unspecified atom stereocenters. The lowest BCUT2D eigenvalue weighted by molar-refractivity contribution is -0.138. The summed E-state index contributed by atoms with van der Waals surface area (Å²) in [5.41, 5.74) is 0.330. The van der Waals surface area contributed by atoms with Gasteiger partial charge in [-0.3, -0.25) is 4.79 Å². The van der Waals surface area contributed by atoms with Crippen molar-refractivity contribution < 1.29 is 18.0 Å². The van der Waals surface area contributed by atoms with E-state index in [2.05, 4.69) is 35.0 Å². The van der Waals surface area contributed by atoms with E-state index < -0.39 is 11.7 Å². The number of carbonyl (C=O) groups is 1. The number of hydrogen-bond acceptors (Lipinski definition) is 4. The van der Waals surface area contributed by atoms with Crippen LogP contribution in [-0.2, 0) is 22.9 Å². The van der Waals surface area contributed by atoms with Gasteiger partial charge in [0, 0.05) is 25.2 Å². The third-order valence-electron chi connectivity index (χ3n) is 9.05. The minimum atomic E-state index is -4.37. The van der Waals surface area contributed by atoms with Gasteiger partial charge < -0.3 is 4.90 Å². The lowest BCUT2D eigenvalue weighted by Gasteiger charge is -2.48. The molecule has 5 rings (SSSR count). The van der Waals surface area contributed by atoms with Crippen molar-refractivity contribution in [2.24, 2.45) is 22.2 Å². The molecule has 8 heteroatoms. The molecule has 0 bridgehead atoms. The first kappa shape index (κ1) is 21.6. The third kappa shape index (κ3) is 2.79. The summed E-state index contributed by atoms with van der Waals surface area (Å²) in [4.78, 5) is 19.2. The van der Waals surface area contributed by atoms with Crippen molar-refractivity contribution in [1.29, 1.82) is 0 Å². The van der Waals surface area contributed by atoms with Gasteiger partial charge in [-0.25, -0.2) is 4.98 Å². The SMILES string of the molecule is Cc1cc(C(F)(F)F)cnc1N1CCN([SH+]C[C@@]23CCC24[C@H](CC3=O)C4(C)C)C[C@H]1C. The van der Waals surface area contributed by atoms with Crippen LogP contribution in [0.3, 0.4) is 0 Å². The second-order valence-electron chi connectivity index (χ2n) is 10.6. The van der Waals surface area contributed by atoms with Crippen LogP contribution < -0.4 is 4.90 Å². The van der Waals surface area contributed by atoms with Crippen LogP contribution in [0.15, 0.2) is 12.3 Å². The van der Waals surface area contributed by atoms with Crippen molar-refractivity contribution in [2.75, 3.05) is 30.3 Å². The molecule has 1 saturated heterocycles. The van der Waals surface area contributed by atoms with Gasteiger partial charge >= 0.3 is 6.18 Å². The van der Waals surface area contributed by atoms with E-state index in [4.69, 9.17) is 0 Å². The molecule has 0 aromatic carbocycles. The van der Waals surface area contributed by atoms with Gasteiger partial charge in [0.1, 0.15) is 17.4 Å². The fraction of sp³-hybridized carbons (Fsp3) is 0.739. The van der Waals surface area contributed by atoms with Crippen molar-refractivity contribution in [3.8, 4) is 0 Å². The molecule has 0 radical (unpaired) electrons. The summed E-state index contributed by atoms with van der Waals surface area (Å²) in [7, 11) is 0. The number of pyridine rings is 1. The molecule has 0 N–H and O–H groups in total. The molecule has 170 valence electrons. The molecule has 1 aromatic rings. The molecular weight excluding hydrogens is 423 g/mol. The Morgan fingerprint density at radius 1 is 1.26 bits per heavy atom. The second kappa shape index (κ2) is 6.62. The zero-order valence-corrected chi connectivity index (χ0v) is 19.5. The van der Waals surface area contributed by atoms with Gasteiger partial charge in [0.2, 0.25) is 0 Å². The molecule has 1 aromatic heterocycles. The number of aromatic nitrogens is 1. The number of rotatable bonds is 4. The number of ketones is 1. The molecule has 4 nitrogen and oxygen atoms in total. The van der Waals surface area contributed by atoms with E-state index in [0.29, 0.717) is 28.5 Å². The first-order chi connectivity index (χ1) is 14.4. The second-order valence-corrected chi connectivity index (χ2v) is 11.7. The lowest BCUT2D eigenvalue weighted by Crippen LogP contribution is -2.55. The monoisotopic (exact) mass is 454 g/mol. The van der Waals surface area contributed by atoms with Gasteiger partial charge in [-0.15, -0.1) is 4.31 Å². The minimum Gasteiger partial charge on any atom is -0.351 e. The molecule has 31 heavy (non-hydrogen) atoms. The van der Waals surface area contributed by atoms with Crippen LogP contribution in [0.4, 0.5) is 19.0 Å². The van der Waals surface area contributed by atoms with Crippen LogP contribution in [0, 0.1) is 29.1 Å². The van der Waals surface area contributed by atoms with E-state index in [1.807, 2.05) is 0 Å². The van der Waals surface area contributed by atoms with Crippen LogP contribution in [0.2, 0.25) is 0 Å². The van der Waals surface area contributed by atoms with Crippen molar-refractivity contribution in [1.82, 2.24) is 9.29 Å². The number of halogens is 3. The Morgan fingerprint density at radius 2 is 2.00 bits per heavy atom. The van der Waals surface area contributed by atoms with E-state index in [1.54, 1.807) is 6.92 Å². The molecule has 4 fully saturated rings. The maximum Gasteiger partial charge on any atom is 0.417 e. The van der Waals surface area contributed by atoms with Crippen LogP contribution in [0.1, 0.15) is 51.2 Å². The van der Waals surface area contributed by atoms with Crippen LogP contribution in [0.25, 0.3) is 0 Å². The Kier molecular flexibility index (Phi) is 4.61. The minimum absolute atomic E-state index is 0.103. The molecule has 0 amide bonds. The van der Waals surface area contributed by atoms with Gasteiger partial charge in [-0.1, -0.05) is 13.8 Å². The van der Waals surface area contributed by atoms with Crippen LogP contribution in [0.5, 0.6) is 0 Å². The maximum atomic E-state index is 13.0. The highest BCUT2D eigenvalue weighted by molar-refractivity contribution is 7.76. The van der Waals surface area contributed by atoms with Gasteiger partial charge in [0.05, 0.1) is 36.0 Å². The molecule has 1 aliphatic heterocycles. The smallest absolute Gasteiger partial charge is 0.351 e. The Labute approximate surface area is 186 Å². The van der Waals surface area contributed by atoms with E-state index in [1.165, 1.54) is 24.4 Å². The summed E-state index contributed by atoms with van der Waals surface area (Å²) >= 11 is 1.22. The van der Waals surface area contributed by atoms with E-state index in [-0.39, 0.29) is 16.9 Å². The summed E-state index contributed by atoms with van der Waals surface area (Å²) < 4.78 is 41.3. The van der Waals surface area contributed by atoms with E-state index >= 15 is 0 Å². The number of alkyl halides is 3. The van der Waals surface area contributed by atoms with Gasteiger partial charge in [0.25, 0.3) is 0 Å². The topological polar surface area (TPSA) is 36.4 Å². The standard InChI is InChI=1S/C23H30F3N3OS/c1-14-9-16(23(24,25)26)11-27-19(14)29-8-7-28(12-15(29)2)31-13-21-5-6-22(21)17(10-18(21)30)20(22,3)4/h9,11,15,17H,5-8,10,12-13H2,1-4H3/p+1/t15-,17-,21-,22?/m1/s1. The van der Waals surface area contributed by atoms with Crippen LogP contribution >= 0.6 is 0 Å². The largest absolute Gasteiger partial charge is 0.417 e. The fourth-order valence-electron chi connectivity index (χ4n) is 7.24. The molecule has 4 atom stereocenters. The van der Waals surface area contributed by atoms with Crippen molar-refractivity contribution in [3.63, 3.8) is 0 Å². The fourth-order valence-corrected chi connectivity index (χ4v) is 8.88. The number of thiol groups is 1. The zero-order valence-electron chi connectivity index (χ0n) is 18.6. The number of aryl methyl sites for hydroxylation is 1. The average Bonchev–Trinajstić information content (AvgIpc) is 3.10. The maximum absolute atomic E-state index is 13.0. The quantitative estimate of drug-likeness (QED) is 0.508. The average molecular weight is 455 g/mol. The predicted octanol–water partition coefficient (Wildman–Crippen LogP) is 4.04. The molecule has 3 saturated carbocycles. The van der Waals surface area contributed by atoms with Gasteiger partial charge in [-0.2, -0.15) is 13.2 Å². The third-order valence-corrected chi connectivity index (χ3v) is 10.5. The van der Waals surface area contributed by atoms with Crippen LogP contribution in [-0.4, -0.2) is 46.5 Å². The van der Waals surface area contributed by atoms with Crippen molar-refractivity contribution in [3.05, 3.63) is 23.4 Å². The highest BCUT2D eigenvalue weighted by Gasteiger charge is 2.89. The van der Waals surface area contributed by atoms with E-state index in [9.17, 15) is 18.0 Å². The number of piperazine rings is 1. The lowest BCUT2D eigenvalue weighted by atomic mass is 9.55. The summed E-state index contributed by atoms with van der Waals surface area (Å²) in [6.45, 7) is 10.9. The summed E-state index contributed by atoms with van der Waals surface area (Å²) in [5, 5.41) is 0.